The third-order valence-electron chi connectivity index (χ3n) is 3.01. The molecule has 0 bridgehead atoms. The van der Waals surface area contributed by atoms with Crippen LogP contribution in [0.3, 0.4) is 0 Å². The molecule has 3 rings (SSSR count). The molecule has 0 spiro atoms. The number of amides is 1. The lowest BCUT2D eigenvalue weighted by molar-refractivity contribution is 0.0982. The molecule has 5 heteroatoms. The molecule has 1 atom stereocenters. The maximum Gasteiger partial charge on any atom is 0.263 e. The molecule has 2 aromatic rings. The van der Waals surface area contributed by atoms with Crippen LogP contribution in [0.15, 0.2) is 53.0 Å². The summed E-state index contributed by atoms with van der Waals surface area (Å²) in [6.07, 6.45) is 0. The van der Waals surface area contributed by atoms with Gasteiger partial charge in [-0.25, -0.2) is 0 Å². The van der Waals surface area contributed by atoms with Crippen molar-refractivity contribution in [2.24, 2.45) is 0 Å². The van der Waals surface area contributed by atoms with E-state index in [9.17, 15) is 4.79 Å². The predicted molar refractivity (Wildman–Crippen MR) is 83.8 cm³/mol. The summed E-state index contributed by atoms with van der Waals surface area (Å²) in [7, 11) is 0. The summed E-state index contributed by atoms with van der Waals surface area (Å²) in [4.78, 5) is 14.3. The number of benzene rings is 2. The molecule has 1 aliphatic rings. The number of fused-ring (bicyclic) bond motifs is 1. The van der Waals surface area contributed by atoms with Gasteiger partial charge in [-0.1, -0.05) is 24.3 Å². The van der Waals surface area contributed by atoms with Crippen molar-refractivity contribution in [1.29, 1.82) is 0 Å². The van der Waals surface area contributed by atoms with Crippen molar-refractivity contribution in [3.63, 3.8) is 0 Å². The van der Waals surface area contributed by atoms with Gasteiger partial charge < -0.3 is 5.32 Å². The number of anilines is 2. The highest BCUT2D eigenvalue weighted by atomic mass is 79.9. The van der Waals surface area contributed by atoms with Crippen LogP contribution in [0.1, 0.15) is 10.4 Å². The zero-order chi connectivity index (χ0) is 13.4. The van der Waals surface area contributed by atoms with E-state index in [1.807, 2.05) is 48.5 Å². The van der Waals surface area contributed by atoms with E-state index in [0.29, 0.717) is 5.56 Å². The smallest absolute Gasteiger partial charge is 0.263 e. The monoisotopic (exact) mass is 334 g/mol. The SMILES string of the molecule is O=C1c2c(Br)cccc2NC(S)N1c1ccccc1. The van der Waals surface area contributed by atoms with Crippen LogP contribution in [-0.2, 0) is 0 Å². The zero-order valence-electron chi connectivity index (χ0n) is 9.88. The lowest BCUT2D eigenvalue weighted by atomic mass is 10.1. The maximum absolute atomic E-state index is 12.7. The second-order valence-corrected chi connectivity index (χ2v) is 5.53. The Kier molecular flexibility index (Phi) is 3.24. The molecule has 0 fully saturated rings. The topological polar surface area (TPSA) is 32.3 Å². The van der Waals surface area contributed by atoms with Gasteiger partial charge >= 0.3 is 0 Å². The average Bonchev–Trinajstić information content (AvgIpc) is 2.39. The minimum atomic E-state index is -0.378. The first-order valence-corrected chi connectivity index (χ1v) is 7.11. The van der Waals surface area contributed by atoms with Gasteiger partial charge in [-0.2, -0.15) is 0 Å². The van der Waals surface area contributed by atoms with E-state index >= 15 is 0 Å². The van der Waals surface area contributed by atoms with Crippen LogP contribution >= 0.6 is 28.6 Å². The van der Waals surface area contributed by atoms with Crippen molar-refractivity contribution in [3.05, 3.63) is 58.6 Å². The Bertz CT molecular complexity index is 633. The van der Waals surface area contributed by atoms with Gasteiger partial charge in [-0.3, -0.25) is 9.69 Å². The second-order valence-electron chi connectivity index (χ2n) is 4.19. The Morgan fingerprint density at radius 1 is 1.11 bits per heavy atom. The molecule has 0 radical (unpaired) electrons. The van der Waals surface area contributed by atoms with E-state index in [1.54, 1.807) is 4.90 Å². The normalized spacial score (nSPS) is 17.9. The maximum atomic E-state index is 12.7. The summed E-state index contributed by atoms with van der Waals surface area (Å²) >= 11 is 7.89. The summed E-state index contributed by atoms with van der Waals surface area (Å²) in [6, 6.07) is 15.1. The molecule has 19 heavy (non-hydrogen) atoms. The average molecular weight is 335 g/mol. The molecule has 0 aromatic heterocycles. The summed E-state index contributed by atoms with van der Waals surface area (Å²) in [5, 5.41) is 3.22. The molecule has 0 aliphatic carbocycles. The lowest BCUT2D eigenvalue weighted by Gasteiger charge is -2.35. The summed E-state index contributed by atoms with van der Waals surface area (Å²) in [5.41, 5.74) is 1.88. The van der Waals surface area contributed by atoms with Crippen LogP contribution in [0.2, 0.25) is 0 Å². The van der Waals surface area contributed by atoms with Crippen molar-refractivity contribution in [2.45, 2.75) is 5.50 Å². The summed E-state index contributed by atoms with van der Waals surface area (Å²) < 4.78 is 0.781. The minimum Gasteiger partial charge on any atom is -0.356 e. The Morgan fingerprint density at radius 2 is 1.84 bits per heavy atom. The summed E-state index contributed by atoms with van der Waals surface area (Å²) in [5.74, 6) is -0.0626. The first-order chi connectivity index (χ1) is 9.18. The number of para-hydroxylation sites is 1. The number of carbonyl (C=O) groups is 1. The predicted octanol–water partition coefficient (Wildman–Crippen LogP) is 3.73. The quantitative estimate of drug-likeness (QED) is 0.779. The molecule has 1 amide bonds. The lowest BCUT2D eigenvalue weighted by Crippen LogP contribution is -2.46. The largest absolute Gasteiger partial charge is 0.356 e. The van der Waals surface area contributed by atoms with Gasteiger partial charge in [0.2, 0.25) is 0 Å². The van der Waals surface area contributed by atoms with Gasteiger partial charge in [-0.15, -0.1) is 12.6 Å². The number of rotatable bonds is 1. The van der Waals surface area contributed by atoms with E-state index in [1.165, 1.54) is 0 Å². The molecule has 1 aliphatic heterocycles. The van der Waals surface area contributed by atoms with Crippen molar-refractivity contribution < 1.29 is 4.79 Å². The third-order valence-corrected chi connectivity index (χ3v) is 4.03. The third kappa shape index (κ3) is 2.13. The van der Waals surface area contributed by atoms with Crippen LogP contribution in [0.4, 0.5) is 11.4 Å². The van der Waals surface area contributed by atoms with Crippen molar-refractivity contribution >= 4 is 45.8 Å². The summed E-state index contributed by atoms with van der Waals surface area (Å²) in [6.45, 7) is 0. The minimum absolute atomic E-state index is 0.0626. The van der Waals surface area contributed by atoms with Gasteiger partial charge in [0.05, 0.1) is 11.3 Å². The Labute approximate surface area is 125 Å². The molecule has 1 heterocycles. The fourth-order valence-electron chi connectivity index (χ4n) is 2.14. The van der Waals surface area contributed by atoms with Gasteiger partial charge in [0.1, 0.15) is 0 Å². The highest BCUT2D eigenvalue weighted by molar-refractivity contribution is 9.10. The van der Waals surface area contributed by atoms with E-state index in [4.69, 9.17) is 0 Å². The van der Waals surface area contributed by atoms with Crippen molar-refractivity contribution in [2.75, 3.05) is 10.2 Å². The van der Waals surface area contributed by atoms with Gasteiger partial charge in [0, 0.05) is 10.2 Å². The first kappa shape index (κ1) is 12.6. The number of nitrogens with zero attached hydrogens (tertiary/aromatic N) is 1. The highest BCUT2D eigenvalue weighted by Gasteiger charge is 2.32. The molecular weight excluding hydrogens is 324 g/mol. The van der Waals surface area contributed by atoms with E-state index in [-0.39, 0.29) is 11.4 Å². The molecule has 2 aromatic carbocycles. The molecule has 0 saturated heterocycles. The standard InChI is InChI=1S/C14H11BrN2OS/c15-10-7-4-8-11-12(10)13(18)17(14(19)16-11)9-5-2-1-3-6-9/h1-8,14,16,19H. The first-order valence-electron chi connectivity index (χ1n) is 5.80. The number of thiol groups is 1. The second kappa shape index (κ2) is 4.90. The fraction of sp³-hybridized carbons (Fsp3) is 0.0714. The van der Waals surface area contributed by atoms with Crippen molar-refractivity contribution in [1.82, 2.24) is 0 Å². The number of nitrogens with one attached hydrogen (secondary N) is 1. The number of hydrogen-bond donors (Lipinski definition) is 2. The van der Waals surface area contributed by atoms with E-state index in [2.05, 4.69) is 33.9 Å². The van der Waals surface area contributed by atoms with Crippen LogP contribution in [0.25, 0.3) is 0 Å². The van der Waals surface area contributed by atoms with Crippen LogP contribution < -0.4 is 10.2 Å². The Morgan fingerprint density at radius 3 is 2.58 bits per heavy atom. The molecule has 1 unspecified atom stereocenters. The van der Waals surface area contributed by atoms with Crippen LogP contribution in [0.5, 0.6) is 0 Å². The zero-order valence-corrected chi connectivity index (χ0v) is 12.4. The van der Waals surface area contributed by atoms with Crippen molar-refractivity contribution in [3.8, 4) is 0 Å². The van der Waals surface area contributed by atoms with Gasteiger partial charge in [0.15, 0.2) is 5.50 Å². The number of halogens is 1. The van der Waals surface area contributed by atoms with Gasteiger partial charge in [-0.05, 0) is 40.2 Å². The fourth-order valence-corrected chi connectivity index (χ4v) is 3.06. The molecule has 0 saturated carbocycles. The number of hydrogen-bond acceptors (Lipinski definition) is 3. The molecule has 1 N–H and O–H groups in total. The molecule has 3 nitrogen and oxygen atoms in total. The van der Waals surface area contributed by atoms with E-state index in [0.717, 1.165) is 15.8 Å². The molecular formula is C14H11BrN2OS. The van der Waals surface area contributed by atoms with Crippen LogP contribution in [-0.4, -0.2) is 11.4 Å². The number of carbonyl (C=O) groups excluding carboxylic acids is 1. The highest BCUT2D eigenvalue weighted by Crippen LogP contribution is 2.34. The molecule has 96 valence electrons. The van der Waals surface area contributed by atoms with Gasteiger partial charge in [0.25, 0.3) is 5.91 Å². The van der Waals surface area contributed by atoms with Crippen LogP contribution in [0, 0.1) is 0 Å². The Hall–Kier alpha value is -1.46. The van der Waals surface area contributed by atoms with E-state index < -0.39 is 0 Å². The Balaban J connectivity index is 2.11.